The van der Waals surface area contributed by atoms with Crippen LogP contribution in [0, 0.1) is 6.92 Å². The molecule has 1 aromatic carbocycles. The second kappa shape index (κ2) is 6.58. The van der Waals surface area contributed by atoms with Crippen molar-refractivity contribution >= 4 is 5.95 Å². The summed E-state index contributed by atoms with van der Waals surface area (Å²) in [5.74, 6) is 1.94. The van der Waals surface area contributed by atoms with Crippen molar-refractivity contribution in [1.29, 1.82) is 0 Å². The third-order valence-corrected chi connectivity index (χ3v) is 2.40. The van der Waals surface area contributed by atoms with Crippen molar-refractivity contribution in [2.75, 3.05) is 25.6 Å². The molecule has 1 heterocycles. The highest BCUT2D eigenvalue weighted by Gasteiger charge is 2.01. The van der Waals surface area contributed by atoms with Gasteiger partial charge in [0.15, 0.2) is 0 Å². The van der Waals surface area contributed by atoms with Crippen molar-refractivity contribution in [1.82, 2.24) is 9.97 Å². The Morgan fingerprint density at radius 2 is 1.79 bits per heavy atom. The fourth-order valence-electron chi connectivity index (χ4n) is 1.55. The highest BCUT2D eigenvalue weighted by molar-refractivity contribution is 5.29. The van der Waals surface area contributed by atoms with E-state index in [1.165, 1.54) is 0 Å². The van der Waals surface area contributed by atoms with Crippen LogP contribution in [0.15, 0.2) is 36.4 Å². The Hall–Kier alpha value is -2.30. The minimum Gasteiger partial charge on any atom is -0.490 e. The van der Waals surface area contributed by atoms with Crippen LogP contribution in [0.25, 0.3) is 0 Å². The van der Waals surface area contributed by atoms with E-state index in [1.54, 1.807) is 13.1 Å². The van der Waals surface area contributed by atoms with Gasteiger partial charge in [0.2, 0.25) is 11.8 Å². The molecule has 0 aliphatic heterocycles. The summed E-state index contributed by atoms with van der Waals surface area (Å²) in [6, 6.07) is 11.4. The van der Waals surface area contributed by atoms with Crippen molar-refractivity contribution < 1.29 is 9.47 Å². The van der Waals surface area contributed by atoms with Gasteiger partial charge in [0.1, 0.15) is 19.0 Å². The van der Waals surface area contributed by atoms with Gasteiger partial charge in [-0.25, -0.2) is 4.98 Å². The molecule has 1 aromatic heterocycles. The topological polar surface area (TPSA) is 56.3 Å². The number of aryl methyl sites for hydroxylation is 1. The molecule has 0 radical (unpaired) electrons. The molecule has 2 aromatic rings. The third kappa shape index (κ3) is 4.13. The first-order chi connectivity index (χ1) is 9.28. The predicted molar refractivity (Wildman–Crippen MR) is 73.7 cm³/mol. The molecule has 0 aliphatic carbocycles. The number of aromatic nitrogens is 2. The van der Waals surface area contributed by atoms with E-state index in [0.29, 0.717) is 25.0 Å². The van der Waals surface area contributed by atoms with Gasteiger partial charge in [-0.1, -0.05) is 18.2 Å². The van der Waals surface area contributed by atoms with E-state index in [-0.39, 0.29) is 0 Å². The molecule has 0 aliphatic rings. The molecule has 5 heteroatoms. The molecule has 5 nitrogen and oxygen atoms in total. The summed E-state index contributed by atoms with van der Waals surface area (Å²) in [6.45, 7) is 2.81. The lowest BCUT2D eigenvalue weighted by molar-refractivity contribution is 0.212. The minimum atomic E-state index is 0.439. The molecule has 1 N–H and O–H groups in total. The predicted octanol–water partition coefficient (Wildman–Crippen LogP) is 2.28. The van der Waals surface area contributed by atoms with Gasteiger partial charge in [0.25, 0.3) is 0 Å². The molecule has 100 valence electrons. The summed E-state index contributed by atoms with van der Waals surface area (Å²) in [6.07, 6.45) is 0. The smallest absolute Gasteiger partial charge is 0.225 e. The maximum absolute atomic E-state index is 5.53. The van der Waals surface area contributed by atoms with Crippen LogP contribution < -0.4 is 14.8 Å². The van der Waals surface area contributed by atoms with Crippen molar-refractivity contribution in [3.05, 3.63) is 42.1 Å². The molecule has 0 fully saturated rings. The van der Waals surface area contributed by atoms with Gasteiger partial charge in [-0.15, -0.1) is 0 Å². The Morgan fingerprint density at radius 1 is 1.05 bits per heavy atom. The Balaban J connectivity index is 1.81. The van der Waals surface area contributed by atoms with Crippen LogP contribution >= 0.6 is 0 Å². The van der Waals surface area contributed by atoms with Crippen LogP contribution in [-0.4, -0.2) is 30.2 Å². The summed E-state index contributed by atoms with van der Waals surface area (Å²) in [4.78, 5) is 8.39. The zero-order valence-electron chi connectivity index (χ0n) is 11.1. The first kappa shape index (κ1) is 13.1. The molecule has 2 rings (SSSR count). The minimum absolute atomic E-state index is 0.439. The molecule has 0 saturated carbocycles. The van der Waals surface area contributed by atoms with Crippen LogP contribution in [0.3, 0.4) is 0 Å². The maximum Gasteiger partial charge on any atom is 0.225 e. The van der Waals surface area contributed by atoms with Crippen LogP contribution in [0.5, 0.6) is 11.6 Å². The number of benzene rings is 1. The van der Waals surface area contributed by atoms with Gasteiger partial charge < -0.3 is 14.8 Å². The van der Waals surface area contributed by atoms with Gasteiger partial charge >= 0.3 is 0 Å². The highest BCUT2D eigenvalue weighted by atomic mass is 16.5. The Morgan fingerprint density at radius 3 is 2.53 bits per heavy atom. The monoisotopic (exact) mass is 259 g/mol. The van der Waals surface area contributed by atoms with E-state index >= 15 is 0 Å². The normalized spacial score (nSPS) is 10.0. The van der Waals surface area contributed by atoms with Gasteiger partial charge in [-0.3, -0.25) is 0 Å². The lowest BCUT2D eigenvalue weighted by Crippen LogP contribution is -2.10. The molecule has 0 spiro atoms. The molecule has 19 heavy (non-hydrogen) atoms. The molecular weight excluding hydrogens is 242 g/mol. The summed E-state index contributed by atoms with van der Waals surface area (Å²) < 4.78 is 11.1. The van der Waals surface area contributed by atoms with E-state index in [1.807, 2.05) is 37.3 Å². The van der Waals surface area contributed by atoms with E-state index in [2.05, 4.69) is 15.3 Å². The van der Waals surface area contributed by atoms with Crippen molar-refractivity contribution in [2.45, 2.75) is 6.92 Å². The molecular formula is C14H17N3O2. The summed E-state index contributed by atoms with van der Waals surface area (Å²) in [7, 11) is 1.77. The number of nitrogens with zero attached hydrogens (tertiary/aromatic N) is 2. The van der Waals surface area contributed by atoms with Crippen LogP contribution in [0.1, 0.15) is 5.69 Å². The molecule has 0 bridgehead atoms. The number of nitrogens with one attached hydrogen (secondary N) is 1. The molecule has 0 atom stereocenters. The van der Waals surface area contributed by atoms with E-state index in [9.17, 15) is 0 Å². The highest BCUT2D eigenvalue weighted by Crippen LogP contribution is 2.12. The van der Waals surface area contributed by atoms with E-state index < -0.39 is 0 Å². The first-order valence-corrected chi connectivity index (χ1v) is 6.12. The molecule has 0 saturated heterocycles. The standard InChI is InChI=1S/C14H17N3O2/c1-11-10-13(17-14(15-2)16-11)19-9-8-18-12-6-4-3-5-7-12/h3-7,10H,8-9H2,1-2H3,(H,15,16,17). The Bertz CT molecular complexity index is 517. The number of hydrogen-bond donors (Lipinski definition) is 1. The zero-order valence-corrected chi connectivity index (χ0v) is 11.1. The van der Waals surface area contributed by atoms with Crippen LogP contribution in [0.4, 0.5) is 5.95 Å². The lowest BCUT2D eigenvalue weighted by Gasteiger charge is -2.09. The number of rotatable bonds is 6. The van der Waals surface area contributed by atoms with Crippen LogP contribution in [0.2, 0.25) is 0 Å². The Labute approximate surface area is 112 Å². The quantitative estimate of drug-likeness (QED) is 0.807. The van der Waals surface area contributed by atoms with E-state index in [0.717, 1.165) is 11.4 Å². The zero-order chi connectivity index (χ0) is 13.5. The lowest BCUT2D eigenvalue weighted by atomic mass is 10.3. The summed E-state index contributed by atoms with van der Waals surface area (Å²) in [5.41, 5.74) is 0.860. The SMILES string of the molecule is CNc1nc(C)cc(OCCOc2ccccc2)n1. The summed E-state index contributed by atoms with van der Waals surface area (Å²) in [5, 5.41) is 2.89. The molecule has 0 unspecified atom stereocenters. The van der Waals surface area contributed by atoms with Crippen LogP contribution in [-0.2, 0) is 0 Å². The fourth-order valence-corrected chi connectivity index (χ4v) is 1.55. The van der Waals surface area contributed by atoms with Gasteiger partial charge in [-0.2, -0.15) is 4.98 Å². The number of ether oxygens (including phenoxy) is 2. The van der Waals surface area contributed by atoms with Gasteiger partial charge in [0.05, 0.1) is 0 Å². The van der Waals surface area contributed by atoms with Gasteiger partial charge in [-0.05, 0) is 19.1 Å². The van der Waals surface area contributed by atoms with E-state index in [4.69, 9.17) is 9.47 Å². The average molecular weight is 259 g/mol. The third-order valence-electron chi connectivity index (χ3n) is 2.40. The number of anilines is 1. The number of para-hydroxylation sites is 1. The second-order valence-corrected chi connectivity index (χ2v) is 3.93. The Kier molecular flexibility index (Phi) is 4.55. The number of hydrogen-bond acceptors (Lipinski definition) is 5. The largest absolute Gasteiger partial charge is 0.490 e. The summed E-state index contributed by atoms with van der Waals surface area (Å²) >= 11 is 0. The second-order valence-electron chi connectivity index (χ2n) is 3.93. The fraction of sp³-hybridized carbons (Fsp3) is 0.286. The molecule has 0 amide bonds. The van der Waals surface area contributed by atoms with Crippen molar-refractivity contribution in [2.24, 2.45) is 0 Å². The van der Waals surface area contributed by atoms with Gasteiger partial charge in [0, 0.05) is 18.8 Å². The maximum atomic E-state index is 5.53. The van der Waals surface area contributed by atoms with Crippen molar-refractivity contribution in [3.8, 4) is 11.6 Å². The average Bonchev–Trinajstić information content (AvgIpc) is 2.44. The van der Waals surface area contributed by atoms with Crippen molar-refractivity contribution in [3.63, 3.8) is 0 Å². The first-order valence-electron chi connectivity index (χ1n) is 6.12.